The molecule has 0 saturated carbocycles. The number of benzene rings is 1. The van der Waals surface area contributed by atoms with Crippen LogP contribution in [0.2, 0.25) is 5.02 Å². The summed E-state index contributed by atoms with van der Waals surface area (Å²) in [6.45, 7) is 3.40. The number of piperazine rings is 1. The number of halogens is 1. The lowest BCUT2D eigenvalue weighted by molar-refractivity contribution is -0.158. The zero-order valence-corrected chi connectivity index (χ0v) is 15.0. The van der Waals surface area contributed by atoms with Gasteiger partial charge < -0.3 is 14.7 Å². The Morgan fingerprint density at radius 1 is 1.20 bits per heavy atom. The van der Waals surface area contributed by atoms with Gasteiger partial charge >= 0.3 is 0 Å². The molecule has 1 aromatic carbocycles. The summed E-state index contributed by atoms with van der Waals surface area (Å²) in [6.07, 6.45) is 2.00. The van der Waals surface area contributed by atoms with Gasteiger partial charge in [0.05, 0.1) is 0 Å². The smallest absolute Gasteiger partial charge is 0.245 e. The highest BCUT2D eigenvalue weighted by Gasteiger charge is 2.38. The number of amides is 3. The number of rotatable bonds is 4. The molecule has 0 aliphatic carbocycles. The van der Waals surface area contributed by atoms with Gasteiger partial charge in [-0.25, -0.2) is 0 Å². The van der Waals surface area contributed by atoms with Crippen molar-refractivity contribution in [3.8, 4) is 0 Å². The van der Waals surface area contributed by atoms with Gasteiger partial charge in [-0.05, 0) is 31.4 Å². The molecule has 3 rings (SSSR count). The Hall–Kier alpha value is -2.08. The highest BCUT2D eigenvalue weighted by atomic mass is 35.5. The number of nitrogens with zero attached hydrogens (tertiary/aromatic N) is 3. The van der Waals surface area contributed by atoms with Crippen LogP contribution in [0.15, 0.2) is 24.3 Å². The molecule has 2 fully saturated rings. The van der Waals surface area contributed by atoms with Crippen LogP contribution in [0.1, 0.15) is 25.3 Å². The van der Waals surface area contributed by atoms with Crippen LogP contribution in [-0.4, -0.2) is 64.6 Å². The lowest BCUT2D eigenvalue weighted by Crippen LogP contribution is -2.60. The number of hydrogen-bond acceptors (Lipinski definition) is 3. The largest absolute Gasteiger partial charge is 0.341 e. The Bertz CT molecular complexity index is 688. The van der Waals surface area contributed by atoms with E-state index in [0.717, 1.165) is 31.5 Å². The summed E-state index contributed by atoms with van der Waals surface area (Å²) < 4.78 is 0. The first kappa shape index (κ1) is 17.7. The Morgan fingerprint density at radius 3 is 2.56 bits per heavy atom. The van der Waals surface area contributed by atoms with E-state index in [1.54, 1.807) is 17.9 Å². The third-order valence-electron chi connectivity index (χ3n) is 4.87. The fourth-order valence-electron chi connectivity index (χ4n) is 3.35. The molecule has 0 unspecified atom stereocenters. The highest BCUT2D eigenvalue weighted by molar-refractivity contribution is 6.31. The summed E-state index contributed by atoms with van der Waals surface area (Å²) in [4.78, 5) is 42.2. The van der Waals surface area contributed by atoms with Crippen LogP contribution in [0, 0.1) is 0 Å². The maximum atomic E-state index is 12.7. The van der Waals surface area contributed by atoms with E-state index in [4.69, 9.17) is 11.6 Å². The van der Waals surface area contributed by atoms with E-state index in [1.165, 1.54) is 9.80 Å². The molecule has 2 aliphatic rings. The molecule has 3 amide bonds. The van der Waals surface area contributed by atoms with Crippen molar-refractivity contribution in [2.75, 3.05) is 26.2 Å². The van der Waals surface area contributed by atoms with E-state index < -0.39 is 6.04 Å². The molecule has 6 nitrogen and oxygen atoms in total. The highest BCUT2D eigenvalue weighted by Crippen LogP contribution is 2.21. The van der Waals surface area contributed by atoms with Crippen LogP contribution in [0.25, 0.3) is 0 Å². The van der Waals surface area contributed by atoms with Gasteiger partial charge in [-0.1, -0.05) is 29.8 Å². The second-order valence-electron chi connectivity index (χ2n) is 6.57. The number of hydrogen-bond donors (Lipinski definition) is 0. The Morgan fingerprint density at radius 2 is 1.88 bits per heavy atom. The molecular formula is C18H22ClN3O3. The Labute approximate surface area is 152 Å². The van der Waals surface area contributed by atoms with E-state index in [1.807, 2.05) is 18.2 Å². The molecule has 2 heterocycles. The monoisotopic (exact) mass is 363 g/mol. The Kier molecular flexibility index (Phi) is 5.27. The molecule has 0 N–H and O–H groups in total. The number of carbonyl (C=O) groups is 3. The third kappa shape index (κ3) is 3.79. The molecule has 25 heavy (non-hydrogen) atoms. The standard InChI is InChI=1S/C18H22ClN3O3/c1-13-18(25)21(10-14-6-2-3-7-15(14)19)11-17(24)22(13)12-16(23)20-8-4-5-9-20/h2-3,6-7,13H,4-5,8-12H2,1H3/t13-/m0/s1. The predicted octanol–water partition coefficient (Wildman–Crippen LogP) is 1.52. The maximum Gasteiger partial charge on any atom is 0.245 e. The fraction of sp³-hybridized carbons (Fsp3) is 0.500. The van der Waals surface area contributed by atoms with Crippen LogP contribution < -0.4 is 0 Å². The van der Waals surface area contributed by atoms with Crippen molar-refractivity contribution >= 4 is 29.3 Å². The van der Waals surface area contributed by atoms with Gasteiger partial charge in [-0.3, -0.25) is 14.4 Å². The normalized spacial score (nSPS) is 21.2. The number of likely N-dealkylation sites (tertiary alicyclic amines) is 1. The van der Waals surface area contributed by atoms with Gasteiger partial charge in [-0.2, -0.15) is 0 Å². The van der Waals surface area contributed by atoms with E-state index in [0.29, 0.717) is 11.6 Å². The average molecular weight is 364 g/mol. The molecule has 0 bridgehead atoms. The van der Waals surface area contributed by atoms with Crippen molar-refractivity contribution in [2.45, 2.75) is 32.4 Å². The van der Waals surface area contributed by atoms with Gasteiger partial charge in [0.25, 0.3) is 0 Å². The van der Waals surface area contributed by atoms with Gasteiger partial charge in [0.1, 0.15) is 19.1 Å². The first-order chi connectivity index (χ1) is 12.0. The molecule has 7 heteroatoms. The third-order valence-corrected chi connectivity index (χ3v) is 5.24. The second kappa shape index (κ2) is 7.44. The van der Waals surface area contributed by atoms with Crippen LogP contribution in [-0.2, 0) is 20.9 Å². The van der Waals surface area contributed by atoms with Gasteiger partial charge in [0, 0.05) is 24.7 Å². The quantitative estimate of drug-likeness (QED) is 0.815. The van der Waals surface area contributed by atoms with Crippen LogP contribution in [0.4, 0.5) is 0 Å². The minimum atomic E-state index is -0.643. The van der Waals surface area contributed by atoms with Gasteiger partial charge in [0.2, 0.25) is 17.7 Å². The second-order valence-corrected chi connectivity index (χ2v) is 6.98. The average Bonchev–Trinajstić information content (AvgIpc) is 3.13. The summed E-state index contributed by atoms with van der Waals surface area (Å²) in [7, 11) is 0. The molecule has 1 aromatic rings. The topological polar surface area (TPSA) is 60.9 Å². The van der Waals surface area contributed by atoms with Crippen molar-refractivity contribution in [2.24, 2.45) is 0 Å². The Balaban J connectivity index is 1.67. The van der Waals surface area contributed by atoms with Crippen molar-refractivity contribution < 1.29 is 14.4 Å². The summed E-state index contributed by atoms with van der Waals surface area (Å²) in [5.74, 6) is -0.439. The van der Waals surface area contributed by atoms with E-state index in [2.05, 4.69) is 0 Å². The fourth-order valence-corrected chi connectivity index (χ4v) is 3.54. The summed E-state index contributed by atoms with van der Waals surface area (Å²) in [5, 5.41) is 0.571. The van der Waals surface area contributed by atoms with Crippen molar-refractivity contribution in [1.29, 1.82) is 0 Å². The molecule has 134 valence electrons. The summed E-state index contributed by atoms with van der Waals surface area (Å²) in [6, 6.07) is 6.63. The summed E-state index contributed by atoms with van der Waals surface area (Å²) in [5.41, 5.74) is 0.805. The van der Waals surface area contributed by atoms with Crippen LogP contribution >= 0.6 is 11.6 Å². The molecule has 0 aromatic heterocycles. The maximum absolute atomic E-state index is 12.7. The van der Waals surface area contributed by atoms with Gasteiger partial charge in [-0.15, -0.1) is 0 Å². The lowest BCUT2D eigenvalue weighted by Gasteiger charge is -2.39. The first-order valence-electron chi connectivity index (χ1n) is 8.57. The van der Waals surface area contributed by atoms with Crippen molar-refractivity contribution in [3.63, 3.8) is 0 Å². The minimum absolute atomic E-state index is 0.0221. The SMILES string of the molecule is C[C@H]1C(=O)N(Cc2ccccc2Cl)CC(=O)N1CC(=O)N1CCCC1. The molecule has 0 radical (unpaired) electrons. The van der Waals surface area contributed by atoms with Gasteiger partial charge in [0.15, 0.2) is 0 Å². The van der Waals surface area contributed by atoms with E-state index in [-0.39, 0.29) is 30.8 Å². The number of carbonyl (C=O) groups excluding carboxylic acids is 3. The molecule has 1 atom stereocenters. The molecule has 2 aliphatic heterocycles. The van der Waals surface area contributed by atoms with E-state index in [9.17, 15) is 14.4 Å². The minimum Gasteiger partial charge on any atom is -0.341 e. The van der Waals surface area contributed by atoms with Crippen molar-refractivity contribution in [3.05, 3.63) is 34.9 Å². The molecule has 0 spiro atoms. The first-order valence-corrected chi connectivity index (χ1v) is 8.94. The molecule has 2 saturated heterocycles. The predicted molar refractivity (Wildman–Crippen MR) is 93.9 cm³/mol. The van der Waals surface area contributed by atoms with E-state index >= 15 is 0 Å². The summed E-state index contributed by atoms with van der Waals surface area (Å²) >= 11 is 6.15. The van der Waals surface area contributed by atoms with Crippen LogP contribution in [0.5, 0.6) is 0 Å². The zero-order chi connectivity index (χ0) is 18.0. The zero-order valence-electron chi connectivity index (χ0n) is 14.3. The molecular weight excluding hydrogens is 342 g/mol. The lowest BCUT2D eigenvalue weighted by atomic mass is 10.1. The van der Waals surface area contributed by atoms with Crippen LogP contribution in [0.3, 0.4) is 0 Å². The van der Waals surface area contributed by atoms with Crippen molar-refractivity contribution in [1.82, 2.24) is 14.7 Å².